The molecule has 0 aliphatic rings. The van der Waals surface area contributed by atoms with Crippen LogP contribution in [0.4, 0.5) is 13.2 Å². The Morgan fingerprint density at radius 2 is 1.76 bits per heavy atom. The van der Waals surface area contributed by atoms with Crippen molar-refractivity contribution >= 4 is 5.96 Å². The SMILES string of the molecule is CN=C(NCCc1ccc(OC)cc1O)NCc1ccc(OCC(F)(F)F)cc1. The van der Waals surface area contributed by atoms with Crippen molar-refractivity contribution in [3.63, 3.8) is 0 Å². The van der Waals surface area contributed by atoms with E-state index in [1.165, 1.54) is 19.2 Å². The normalized spacial score (nSPS) is 11.8. The molecule has 0 spiro atoms. The molecule has 158 valence electrons. The van der Waals surface area contributed by atoms with Gasteiger partial charge in [0.25, 0.3) is 0 Å². The van der Waals surface area contributed by atoms with E-state index in [4.69, 9.17) is 4.74 Å². The largest absolute Gasteiger partial charge is 0.508 e. The molecular weight excluding hydrogens is 387 g/mol. The Labute approximate surface area is 167 Å². The van der Waals surface area contributed by atoms with Crippen LogP contribution in [0.1, 0.15) is 11.1 Å². The molecule has 2 aromatic rings. The Morgan fingerprint density at radius 3 is 2.34 bits per heavy atom. The van der Waals surface area contributed by atoms with Crippen molar-refractivity contribution in [2.75, 3.05) is 27.3 Å². The monoisotopic (exact) mass is 411 g/mol. The smallest absolute Gasteiger partial charge is 0.422 e. The predicted molar refractivity (Wildman–Crippen MR) is 105 cm³/mol. The summed E-state index contributed by atoms with van der Waals surface area (Å²) < 4.78 is 46.2. The minimum atomic E-state index is -4.36. The highest BCUT2D eigenvalue weighted by Crippen LogP contribution is 2.23. The highest BCUT2D eigenvalue weighted by atomic mass is 19.4. The molecule has 0 atom stereocenters. The van der Waals surface area contributed by atoms with Crippen LogP contribution in [0, 0.1) is 0 Å². The van der Waals surface area contributed by atoms with E-state index in [9.17, 15) is 18.3 Å². The van der Waals surface area contributed by atoms with E-state index in [1.54, 1.807) is 37.4 Å². The van der Waals surface area contributed by atoms with Crippen LogP contribution in [0.3, 0.4) is 0 Å². The molecule has 3 N–H and O–H groups in total. The molecule has 0 fully saturated rings. The molecule has 2 aromatic carbocycles. The van der Waals surface area contributed by atoms with Gasteiger partial charge >= 0.3 is 6.18 Å². The summed E-state index contributed by atoms with van der Waals surface area (Å²) in [5.41, 5.74) is 1.64. The molecule has 0 saturated carbocycles. The van der Waals surface area contributed by atoms with Crippen LogP contribution < -0.4 is 20.1 Å². The Kier molecular flexibility index (Phi) is 7.99. The number of ether oxygens (including phenoxy) is 2. The second-order valence-corrected chi connectivity index (χ2v) is 6.14. The number of rotatable bonds is 8. The second-order valence-electron chi connectivity index (χ2n) is 6.14. The first-order chi connectivity index (χ1) is 13.8. The predicted octanol–water partition coefficient (Wildman–Crippen LogP) is 3.25. The van der Waals surface area contributed by atoms with Gasteiger partial charge in [0.2, 0.25) is 0 Å². The van der Waals surface area contributed by atoms with E-state index in [0.29, 0.717) is 31.2 Å². The van der Waals surface area contributed by atoms with Crippen LogP contribution >= 0.6 is 0 Å². The van der Waals surface area contributed by atoms with E-state index in [-0.39, 0.29) is 11.5 Å². The van der Waals surface area contributed by atoms with Crippen molar-refractivity contribution < 1.29 is 27.8 Å². The number of hydrogen-bond donors (Lipinski definition) is 3. The summed E-state index contributed by atoms with van der Waals surface area (Å²) in [6, 6.07) is 11.5. The van der Waals surface area contributed by atoms with Crippen molar-refractivity contribution in [3.05, 3.63) is 53.6 Å². The molecule has 0 bridgehead atoms. The van der Waals surface area contributed by atoms with E-state index in [2.05, 4.69) is 20.4 Å². The summed E-state index contributed by atoms with van der Waals surface area (Å²) in [5.74, 6) is 1.48. The van der Waals surface area contributed by atoms with Gasteiger partial charge < -0.3 is 25.2 Å². The van der Waals surface area contributed by atoms with Gasteiger partial charge in [0.1, 0.15) is 17.2 Å². The first-order valence-corrected chi connectivity index (χ1v) is 8.89. The lowest BCUT2D eigenvalue weighted by molar-refractivity contribution is -0.153. The van der Waals surface area contributed by atoms with Crippen molar-refractivity contribution in [2.45, 2.75) is 19.1 Å². The molecule has 2 rings (SSSR count). The zero-order valence-electron chi connectivity index (χ0n) is 16.2. The van der Waals surface area contributed by atoms with E-state index in [0.717, 1.165) is 11.1 Å². The Balaban J connectivity index is 1.77. The number of hydrogen-bond acceptors (Lipinski definition) is 4. The zero-order chi connectivity index (χ0) is 21.3. The number of methoxy groups -OCH3 is 1. The van der Waals surface area contributed by atoms with E-state index < -0.39 is 12.8 Å². The third-order valence-corrected chi connectivity index (χ3v) is 3.99. The maximum Gasteiger partial charge on any atom is 0.422 e. The maximum absolute atomic E-state index is 12.2. The number of aromatic hydroxyl groups is 1. The summed E-state index contributed by atoms with van der Waals surface area (Å²) >= 11 is 0. The molecule has 0 aliphatic carbocycles. The van der Waals surface area contributed by atoms with Gasteiger partial charge in [-0.1, -0.05) is 18.2 Å². The van der Waals surface area contributed by atoms with E-state index in [1.807, 2.05) is 0 Å². The first kappa shape index (κ1) is 22.2. The van der Waals surface area contributed by atoms with Crippen molar-refractivity contribution in [2.24, 2.45) is 4.99 Å². The third-order valence-electron chi connectivity index (χ3n) is 3.99. The van der Waals surface area contributed by atoms with Crippen LogP contribution in [-0.4, -0.2) is 44.6 Å². The van der Waals surface area contributed by atoms with Gasteiger partial charge in [0.15, 0.2) is 12.6 Å². The van der Waals surface area contributed by atoms with E-state index >= 15 is 0 Å². The standard InChI is InChI=1S/C20H24F3N3O3/c1-24-19(25-10-9-15-5-8-17(28-2)11-18(15)27)26-12-14-3-6-16(7-4-14)29-13-20(21,22)23/h3-8,11,27H,9-10,12-13H2,1-2H3,(H2,24,25,26). The minimum Gasteiger partial charge on any atom is -0.508 e. The van der Waals surface area contributed by atoms with Gasteiger partial charge in [-0.05, 0) is 35.7 Å². The third kappa shape index (κ3) is 7.81. The molecule has 29 heavy (non-hydrogen) atoms. The van der Waals surface area contributed by atoms with Gasteiger partial charge in [-0.15, -0.1) is 0 Å². The fourth-order valence-electron chi connectivity index (χ4n) is 2.47. The molecule has 6 nitrogen and oxygen atoms in total. The Hall–Kier alpha value is -3.10. The lowest BCUT2D eigenvalue weighted by Crippen LogP contribution is -2.37. The van der Waals surface area contributed by atoms with Crippen LogP contribution in [0.5, 0.6) is 17.2 Å². The highest BCUT2D eigenvalue weighted by molar-refractivity contribution is 5.79. The quantitative estimate of drug-likeness (QED) is 0.459. The van der Waals surface area contributed by atoms with Crippen LogP contribution in [-0.2, 0) is 13.0 Å². The molecule has 0 radical (unpaired) electrons. The molecule has 0 aromatic heterocycles. The van der Waals surface area contributed by atoms with Gasteiger partial charge in [-0.25, -0.2) is 0 Å². The van der Waals surface area contributed by atoms with Crippen LogP contribution in [0.2, 0.25) is 0 Å². The number of benzene rings is 2. The first-order valence-electron chi connectivity index (χ1n) is 8.89. The average Bonchev–Trinajstić information content (AvgIpc) is 2.70. The van der Waals surface area contributed by atoms with Crippen LogP contribution in [0.25, 0.3) is 0 Å². The summed E-state index contributed by atoms with van der Waals surface area (Å²) in [4.78, 5) is 4.12. The van der Waals surface area contributed by atoms with Gasteiger partial charge in [-0.2, -0.15) is 13.2 Å². The molecule has 0 heterocycles. The van der Waals surface area contributed by atoms with Crippen molar-refractivity contribution in [1.29, 1.82) is 0 Å². The van der Waals surface area contributed by atoms with Crippen molar-refractivity contribution in [3.8, 4) is 17.2 Å². The lowest BCUT2D eigenvalue weighted by atomic mass is 10.1. The number of guanidine groups is 1. The molecule has 0 aliphatic heterocycles. The molecular formula is C20H24F3N3O3. The van der Waals surface area contributed by atoms with Gasteiger partial charge in [0.05, 0.1) is 7.11 Å². The fourth-order valence-corrected chi connectivity index (χ4v) is 2.47. The molecule has 0 amide bonds. The number of nitrogens with zero attached hydrogens (tertiary/aromatic N) is 1. The maximum atomic E-state index is 12.2. The second kappa shape index (κ2) is 10.4. The number of phenolic OH excluding ortho intramolecular Hbond substituents is 1. The fraction of sp³-hybridized carbons (Fsp3) is 0.350. The number of nitrogens with one attached hydrogen (secondary N) is 2. The minimum absolute atomic E-state index is 0.160. The number of phenols is 1. The summed E-state index contributed by atoms with van der Waals surface area (Å²) in [5, 5.41) is 16.2. The molecule has 0 unspecified atom stereocenters. The number of halogens is 3. The lowest BCUT2D eigenvalue weighted by Gasteiger charge is -2.13. The zero-order valence-corrected chi connectivity index (χ0v) is 16.2. The summed E-state index contributed by atoms with van der Waals surface area (Å²) in [7, 11) is 3.17. The van der Waals surface area contributed by atoms with Crippen molar-refractivity contribution in [1.82, 2.24) is 10.6 Å². The van der Waals surface area contributed by atoms with Crippen LogP contribution in [0.15, 0.2) is 47.5 Å². The Morgan fingerprint density at radius 1 is 1.07 bits per heavy atom. The van der Waals surface area contributed by atoms with Gasteiger partial charge in [0, 0.05) is 26.2 Å². The summed E-state index contributed by atoms with van der Waals surface area (Å²) in [6.07, 6.45) is -3.78. The van der Waals surface area contributed by atoms with Gasteiger partial charge in [-0.3, -0.25) is 4.99 Å². The number of aliphatic imine (C=N–C) groups is 1. The highest BCUT2D eigenvalue weighted by Gasteiger charge is 2.28. The topological polar surface area (TPSA) is 75.1 Å². The Bertz CT molecular complexity index is 809. The summed E-state index contributed by atoms with van der Waals surface area (Å²) in [6.45, 7) is -0.332. The molecule has 9 heteroatoms. The molecule has 0 saturated heterocycles. The average molecular weight is 411 g/mol. The number of alkyl halides is 3.